The molecule has 0 saturated carbocycles. The molecule has 0 atom stereocenters. The van der Waals surface area contributed by atoms with E-state index in [2.05, 4.69) is 25.3 Å². The summed E-state index contributed by atoms with van der Waals surface area (Å²) < 4.78 is 4.61. The van der Waals surface area contributed by atoms with Gasteiger partial charge in [-0.2, -0.15) is 4.98 Å². The second-order valence-electron chi connectivity index (χ2n) is 4.04. The first-order valence-electron chi connectivity index (χ1n) is 6.07. The van der Waals surface area contributed by atoms with Crippen molar-refractivity contribution in [2.24, 2.45) is 0 Å². The van der Waals surface area contributed by atoms with Crippen LogP contribution >= 0.6 is 0 Å². The fourth-order valence-electron chi connectivity index (χ4n) is 1.74. The lowest BCUT2D eigenvalue weighted by Gasteiger charge is -2.09. The van der Waals surface area contributed by atoms with Gasteiger partial charge in [-0.25, -0.2) is 0 Å². The third-order valence-electron chi connectivity index (χ3n) is 2.72. The number of amides is 1. The molecule has 1 aromatic heterocycles. The van der Waals surface area contributed by atoms with Gasteiger partial charge in [-0.1, -0.05) is 23.4 Å². The predicted octanol–water partition coefficient (Wildman–Crippen LogP) is 0.761. The Bertz CT molecular complexity index is 525. The fraction of sp³-hybridized carbons (Fsp3) is 0.308. The molecule has 2 N–H and O–H groups in total. The van der Waals surface area contributed by atoms with E-state index in [-0.39, 0.29) is 12.5 Å². The van der Waals surface area contributed by atoms with Crippen molar-refractivity contribution >= 4 is 5.91 Å². The number of carbonyl (C=O) groups is 1. The molecule has 2 rings (SSSR count). The SMILES string of the molecule is CNCCc1ccccc1C(=O)NCc1ncon1. The highest BCUT2D eigenvalue weighted by Crippen LogP contribution is 2.09. The number of nitrogens with zero attached hydrogens (tertiary/aromatic N) is 2. The van der Waals surface area contributed by atoms with E-state index in [0.717, 1.165) is 18.5 Å². The summed E-state index contributed by atoms with van der Waals surface area (Å²) in [7, 11) is 1.89. The average molecular weight is 260 g/mol. The first-order valence-corrected chi connectivity index (χ1v) is 6.07. The van der Waals surface area contributed by atoms with Crippen molar-refractivity contribution in [2.45, 2.75) is 13.0 Å². The second-order valence-corrected chi connectivity index (χ2v) is 4.04. The lowest BCUT2D eigenvalue weighted by Crippen LogP contribution is -2.25. The van der Waals surface area contributed by atoms with Gasteiger partial charge in [0.15, 0.2) is 5.82 Å². The van der Waals surface area contributed by atoms with E-state index in [1.54, 1.807) is 0 Å². The van der Waals surface area contributed by atoms with E-state index in [1.165, 1.54) is 6.39 Å². The molecule has 1 aromatic carbocycles. The molecule has 0 spiro atoms. The number of rotatable bonds is 6. The van der Waals surface area contributed by atoms with Crippen molar-refractivity contribution in [2.75, 3.05) is 13.6 Å². The third-order valence-corrected chi connectivity index (χ3v) is 2.72. The number of hydrogen-bond acceptors (Lipinski definition) is 5. The minimum Gasteiger partial charge on any atom is -0.345 e. The van der Waals surface area contributed by atoms with Gasteiger partial charge in [0.2, 0.25) is 6.39 Å². The molecular formula is C13H16N4O2. The monoisotopic (exact) mass is 260 g/mol. The molecule has 0 aliphatic heterocycles. The van der Waals surface area contributed by atoms with Gasteiger partial charge in [0.1, 0.15) is 0 Å². The Morgan fingerprint density at radius 2 is 2.21 bits per heavy atom. The fourth-order valence-corrected chi connectivity index (χ4v) is 1.74. The Morgan fingerprint density at radius 1 is 1.37 bits per heavy atom. The smallest absolute Gasteiger partial charge is 0.251 e. The molecule has 6 nitrogen and oxygen atoms in total. The first kappa shape index (κ1) is 13.2. The van der Waals surface area contributed by atoms with Crippen molar-refractivity contribution < 1.29 is 9.32 Å². The second kappa shape index (κ2) is 6.65. The van der Waals surface area contributed by atoms with Gasteiger partial charge in [-0.15, -0.1) is 0 Å². The zero-order valence-electron chi connectivity index (χ0n) is 10.7. The van der Waals surface area contributed by atoms with E-state index in [4.69, 9.17) is 0 Å². The van der Waals surface area contributed by atoms with E-state index in [1.807, 2.05) is 31.3 Å². The zero-order chi connectivity index (χ0) is 13.5. The standard InChI is InChI=1S/C13H16N4O2/c1-14-7-6-10-4-2-3-5-11(10)13(18)15-8-12-16-9-19-17-12/h2-5,9,14H,6-8H2,1H3,(H,15,18). The van der Waals surface area contributed by atoms with Gasteiger partial charge in [-0.3, -0.25) is 4.79 Å². The Balaban J connectivity index is 2.01. The van der Waals surface area contributed by atoms with Crippen molar-refractivity contribution in [3.05, 3.63) is 47.6 Å². The lowest BCUT2D eigenvalue weighted by atomic mass is 10.0. The van der Waals surface area contributed by atoms with Crippen LogP contribution < -0.4 is 10.6 Å². The maximum Gasteiger partial charge on any atom is 0.251 e. The van der Waals surface area contributed by atoms with Gasteiger partial charge < -0.3 is 15.2 Å². The first-order chi connectivity index (χ1) is 9.31. The maximum absolute atomic E-state index is 12.1. The normalized spacial score (nSPS) is 10.4. The summed E-state index contributed by atoms with van der Waals surface area (Å²) in [6.45, 7) is 1.09. The summed E-state index contributed by atoms with van der Waals surface area (Å²) in [6.07, 6.45) is 2.05. The Kier molecular flexibility index (Phi) is 4.63. The Hall–Kier alpha value is -2.21. The molecule has 0 aliphatic carbocycles. The van der Waals surface area contributed by atoms with E-state index >= 15 is 0 Å². The van der Waals surface area contributed by atoms with Crippen molar-refractivity contribution in [3.63, 3.8) is 0 Å². The largest absolute Gasteiger partial charge is 0.345 e. The summed E-state index contributed by atoms with van der Waals surface area (Å²) in [6, 6.07) is 7.56. The molecule has 0 radical (unpaired) electrons. The summed E-state index contributed by atoms with van der Waals surface area (Å²) in [5, 5.41) is 9.49. The van der Waals surface area contributed by atoms with Crippen LogP contribution in [0, 0.1) is 0 Å². The van der Waals surface area contributed by atoms with Crippen LogP contribution in [-0.2, 0) is 13.0 Å². The summed E-state index contributed by atoms with van der Waals surface area (Å²) in [5.41, 5.74) is 1.70. The van der Waals surface area contributed by atoms with Gasteiger partial charge >= 0.3 is 0 Å². The van der Waals surface area contributed by atoms with Crippen LogP contribution in [0.5, 0.6) is 0 Å². The van der Waals surface area contributed by atoms with Crippen LogP contribution in [0.4, 0.5) is 0 Å². The molecule has 0 aliphatic rings. The van der Waals surface area contributed by atoms with Crippen molar-refractivity contribution in [3.8, 4) is 0 Å². The van der Waals surface area contributed by atoms with Crippen molar-refractivity contribution in [1.29, 1.82) is 0 Å². The highest BCUT2D eigenvalue weighted by atomic mass is 16.5. The molecule has 0 saturated heterocycles. The molecule has 0 unspecified atom stereocenters. The van der Waals surface area contributed by atoms with Crippen LogP contribution in [0.25, 0.3) is 0 Å². The third kappa shape index (κ3) is 3.62. The topological polar surface area (TPSA) is 80.0 Å². The molecule has 0 bridgehead atoms. The lowest BCUT2D eigenvalue weighted by molar-refractivity contribution is 0.0948. The maximum atomic E-state index is 12.1. The Labute approximate surface area is 111 Å². The van der Waals surface area contributed by atoms with Gasteiger partial charge in [0.25, 0.3) is 5.91 Å². The van der Waals surface area contributed by atoms with Crippen LogP contribution in [0.15, 0.2) is 35.2 Å². The van der Waals surface area contributed by atoms with Gasteiger partial charge in [-0.05, 0) is 31.6 Å². The molecule has 1 heterocycles. The minimum atomic E-state index is -0.128. The average Bonchev–Trinajstić information content (AvgIpc) is 2.96. The zero-order valence-corrected chi connectivity index (χ0v) is 10.7. The molecule has 1 amide bonds. The summed E-state index contributed by atoms with van der Waals surface area (Å²) >= 11 is 0. The molecule has 2 aromatic rings. The molecule has 6 heteroatoms. The quantitative estimate of drug-likeness (QED) is 0.801. The number of aromatic nitrogens is 2. The number of nitrogens with one attached hydrogen (secondary N) is 2. The van der Waals surface area contributed by atoms with Gasteiger partial charge in [0.05, 0.1) is 6.54 Å². The highest BCUT2D eigenvalue weighted by Gasteiger charge is 2.11. The Morgan fingerprint density at radius 3 is 2.95 bits per heavy atom. The van der Waals surface area contributed by atoms with Crippen LogP contribution in [0.2, 0.25) is 0 Å². The number of carbonyl (C=O) groups excluding carboxylic acids is 1. The molecule has 19 heavy (non-hydrogen) atoms. The number of likely N-dealkylation sites (N-methyl/N-ethyl adjacent to an activating group) is 1. The van der Waals surface area contributed by atoms with E-state index in [0.29, 0.717) is 11.4 Å². The van der Waals surface area contributed by atoms with E-state index < -0.39 is 0 Å². The summed E-state index contributed by atoms with van der Waals surface area (Å²) in [5.74, 6) is 0.331. The number of benzene rings is 1. The van der Waals surface area contributed by atoms with Crippen LogP contribution in [0.1, 0.15) is 21.7 Å². The predicted molar refractivity (Wildman–Crippen MR) is 69.5 cm³/mol. The van der Waals surface area contributed by atoms with Crippen LogP contribution in [-0.4, -0.2) is 29.6 Å². The molecule has 0 fully saturated rings. The molecule has 100 valence electrons. The minimum absolute atomic E-state index is 0.128. The van der Waals surface area contributed by atoms with Crippen LogP contribution in [0.3, 0.4) is 0 Å². The van der Waals surface area contributed by atoms with E-state index in [9.17, 15) is 4.79 Å². The molecular weight excluding hydrogens is 244 g/mol. The highest BCUT2D eigenvalue weighted by molar-refractivity contribution is 5.95. The van der Waals surface area contributed by atoms with Crippen molar-refractivity contribution in [1.82, 2.24) is 20.8 Å². The number of hydrogen-bond donors (Lipinski definition) is 2. The summed E-state index contributed by atoms with van der Waals surface area (Å²) in [4.78, 5) is 16.0. The van der Waals surface area contributed by atoms with Gasteiger partial charge in [0, 0.05) is 5.56 Å².